The Labute approximate surface area is 170 Å². The highest BCUT2D eigenvalue weighted by Crippen LogP contribution is 2.31. The fraction of sp³-hybridized carbons (Fsp3) is 0.286. The molecule has 1 heterocycles. The van der Waals surface area contributed by atoms with E-state index < -0.39 is 0 Å². The summed E-state index contributed by atoms with van der Waals surface area (Å²) in [7, 11) is 0. The van der Waals surface area contributed by atoms with Crippen molar-refractivity contribution in [2.24, 2.45) is 5.10 Å². The first-order valence-corrected chi connectivity index (χ1v) is 10.3. The summed E-state index contributed by atoms with van der Waals surface area (Å²) in [5.41, 5.74) is 1.42. The number of fused-ring (bicyclic) bond motifs is 1. The van der Waals surface area contributed by atoms with Crippen LogP contribution in [0.1, 0.15) is 49.4 Å². The minimum Gasteiger partial charge on any atom is -0.507 e. The van der Waals surface area contributed by atoms with Gasteiger partial charge in [-0.25, -0.2) is 4.98 Å². The highest BCUT2D eigenvalue weighted by atomic mass is 127. The number of aromatic nitrogens is 2. The minimum atomic E-state index is -0.133. The molecule has 1 aliphatic rings. The van der Waals surface area contributed by atoms with Gasteiger partial charge in [-0.2, -0.15) is 9.78 Å². The molecule has 4 rings (SSSR count). The monoisotopic (exact) mass is 473 g/mol. The van der Waals surface area contributed by atoms with Gasteiger partial charge in [-0.3, -0.25) is 4.79 Å². The lowest BCUT2D eigenvalue weighted by atomic mass is 9.88. The van der Waals surface area contributed by atoms with Gasteiger partial charge in [0.2, 0.25) is 0 Å². The number of aromatic hydroxyl groups is 1. The van der Waals surface area contributed by atoms with Crippen LogP contribution in [0.15, 0.2) is 52.4 Å². The second kappa shape index (κ2) is 7.80. The van der Waals surface area contributed by atoms with E-state index in [4.69, 9.17) is 4.98 Å². The molecule has 0 spiro atoms. The van der Waals surface area contributed by atoms with Gasteiger partial charge in [-0.15, -0.1) is 0 Å². The number of hydrogen-bond donors (Lipinski definition) is 1. The largest absolute Gasteiger partial charge is 0.507 e. The van der Waals surface area contributed by atoms with Crippen molar-refractivity contribution in [3.63, 3.8) is 0 Å². The molecule has 1 aromatic heterocycles. The normalized spacial score (nSPS) is 15.6. The van der Waals surface area contributed by atoms with Crippen molar-refractivity contribution in [2.75, 3.05) is 0 Å². The van der Waals surface area contributed by atoms with E-state index in [1.54, 1.807) is 24.4 Å². The van der Waals surface area contributed by atoms with Crippen molar-refractivity contribution >= 4 is 39.7 Å². The van der Waals surface area contributed by atoms with Gasteiger partial charge in [0.15, 0.2) is 0 Å². The maximum Gasteiger partial charge on any atom is 0.282 e. The molecule has 6 heteroatoms. The molecule has 2 aromatic carbocycles. The number of nitrogens with zero attached hydrogens (tertiary/aromatic N) is 3. The molecule has 3 aromatic rings. The smallest absolute Gasteiger partial charge is 0.282 e. The molecule has 0 amide bonds. The third-order valence-corrected chi connectivity index (χ3v) is 5.91. The molecule has 1 N–H and O–H groups in total. The zero-order valence-electron chi connectivity index (χ0n) is 14.8. The summed E-state index contributed by atoms with van der Waals surface area (Å²) in [4.78, 5) is 17.9. The van der Waals surface area contributed by atoms with Gasteiger partial charge in [0, 0.05) is 5.92 Å². The highest BCUT2D eigenvalue weighted by molar-refractivity contribution is 14.1. The Balaban J connectivity index is 1.83. The first kappa shape index (κ1) is 18.2. The predicted octanol–water partition coefficient (Wildman–Crippen LogP) is 4.64. The molecule has 0 saturated heterocycles. The van der Waals surface area contributed by atoms with Crippen molar-refractivity contribution in [1.82, 2.24) is 9.66 Å². The number of phenols is 1. The Morgan fingerprint density at radius 3 is 2.70 bits per heavy atom. The van der Waals surface area contributed by atoms with Crippen molar-refractivity contribution in [2.45, 2.75) is 38.0 Å². The number of rotatable bonds is 3. The Kier molecular flexibility index (Phi) is 5.24. The molecule has 1 fully saturated rings. The average Bonchev–Trinajstić information content (AvgIpc) is 2.70. The molecular weight excluding hydrogens is 453 g/mol. The summed E-state index contributed by atoms with van der Waals surface area (Å²) in [5, 5.41) is 14.8. The van der Waals surface area contributed by atoms with Crippen LogP contribution in [0, 0.1) is 3.57 Å². The Hall–Kier alpha value is -2.22. The second-order valence-electron chi connectivity index (χ2n) is 6.89. The lowest BCUT2D eigenvalue weighted by Crippen LogP contribution is -2.25. The van der Waals surface area contributed by atoms with Gasteiger partial charge in [-0.1, -0.05) is 31.4 Å². The second-order valence-corrected chi connectivity index (χ2v) is 8.06. The lowest BCUT2D eigenvalue weighted by Gasteiger charge is -2.22. The number of hydrogen-bond acceptors (Lipinski definition) is 4. The molecular formula is C21H20IN3O2. The molecule has 1 saturated carbocycles. The summed E-state index contributed by atoms with van der Waals surface area (Å²) < 4.78 is 2.21. The number of para-hydroxylation sites is 1. The van der Waals surface area contributed by atoms with E-state index >= 15 is 0 Å². The first-order chi connectivity index (χ1) is 13.1. The number of benzene rings is 2. The zero-order valence-corrected chi connectivity index (χ0v) is 17.0. The number of halogens is 1. The average molecular weight is 473 g/mol. The Morgan fingerprint density at radius 1 is 1.15 bits per heavy atom. The van der Waals surface area contributed by atoms with Crippen LogP contribution in [0.4, 0.5) is 0 Å². The molecule has 0 atom stereocenters. The van der Waals surface area contributed by atoms with Crippen molar-refractivity contribution in [3.05, 3.63) is 67.8 Å². The summed E-state index contributed by atoms with van der Waals surface area (Å²) in [6.07, 6.45) is 7.30. The topological polar surface area (TPSA) is 67.5 Å². The number of phenolic OH excluding ortho intramolecular Hbond substituents is 1. The van der Waals surface area contributed by atoms with E-state index in [1.165, 1.54) is 11.1 Å². The van der Waals surface area contributed by atoms with Crippen LogP contribution in [-0.4, -0.2) is 21.0 Å². The third kappa shape index (κ3) is 3.76. The van der Waals surface area contributed by atoms with E-state index in [-0.39, 0.29) is 17.2 Å². The fourth-order valence-electron chi connectivity index (χ4n) is 3.61. The van der Waals surface area contributed by atoms with Gasteiger partial charge in [-0.05, 0) is 71.3 Å². The van der Waals surface area contributed by atoms with Gasteiger partial charge >= 0.3 is 0 Å². The van der Waals surface area contributed by atoms with E-state index in [0.717, 1.165) is 46.2 Å². The quantitative estimate of drug-likeness (QED) is 0.446. The van der Waals surface area contributed by atoms with Crippen LogP contribution < -0.4 is 5.56 Å². The van der Waals surface area contributed by atoms with Gasteiger partial charge in [0.1, 0.15) is 11.6 Å². The summed E-state index contributed by atoms with van der Waals surface area (Å²) in [6.45, 7) is 0. The van der Waals surface area contributed by atoms with Crippen LogP contribution in [0.25, 0.3) is 10.9 Å². The zero-order chi connectivity index (χ0) is 18.8. The van der Waals surface area contributed by atoms with E-state index in [0.29, 0.717) is 5.39 Å². The Bertz CT molecular complexity index is 1070. The molecule has 27 heavy (non-hydrogen) atoms. The first-order valence-electron chi connectivity index (χ1n) is 9.18. The maximum atomic E-state index is 13.1. The van der Waals surface area contributed by atoms with Crippen molar-refractivity contribution in [3.8, 4) is 5.75 Å². The van der Waals surface area contributed by atoms with E-state index in [1.807, 2.05) is 24.3 Å². The Morgan fingerprint density at radius 2 is 1.93 bits per heavy atom. The van der Waals surface area contributed by atoms with Crippen LogP contribution in [0.5, 0.6) is 5.75 Å². The molecule has 0 unspecified atom stereocenters. The third-order valence-electron chi connectivity index (χ3n) is 5.04. The molecule has 1 aliphatic carbocycles. The molecule has 0 bridgehead atoms. The molecule has 0 radical (unpaired) electrons. The van der Waals surface area contributed by atoms with E-state index in [2.05, 4.69) is 27.7 Å². The van der Waals surface area contributed by atoms with Crippen molar-refractivity contribution < 1.29 is 5.11 Å². The fourth-order valence-corrected chi connectivity index (χ4v) is 4.14. The molecule has 5 nitrogen and oxygen atoms in total. The summed E-state index contributed by atoms with van der Waals surface area (Å²) in [5.74, 6) is 1.25. The standard InChI is InChI=1S/C21H20IN3O2/c22-17-12-14(10-11-19(17)26)13-23-25-20(15-6-2-1-3-7-15)24-18-9-5-4-8-16(18)21(25)27/h4-5,8-13,15,26H,1-3,6-7H2. The summed E-state index contributed by atoms with van der Waals surface area (Å²) in [6, 6.07) is 12.7. The van der Waals surface area contributed by atoms with Crippen LogP contribution in [0.3, 0.4) is 0 Å². The minimum absolute atomic E-state index is 0.133. The van der Waals surface area contributed by atoms with Crippen LogP contribution >= 0.6 is 22.6 Å². The van der Waals surface area contributed by atoms with Crippen LogP contribution in [0.2, 0.25) is 0 Å². The van der Waals surface area contributed by atoms with Gasteiger partial charge < -0.3 is 5.11 Å². The van der Waals surface area contributed by atoms with Crippen LogP contribution in [-0.2, 0) is 0 Å². The lowest BCUT2D eigenvalue weighted by molar-refractivity contribution is 0.416. The van der Waals surface area contributed by atoms with E-state index in [9.17, 15) is 9.90 Å². The van der Waals surface area contributed by atoms with Gasteiger partial charge in [0.05, 0.1) is 20.7 Å². The molecule has 0 aliphatic heterocycles. The van der Waals surface area contributed by atoms with Gasteiger partial charge in [0.25, 0.3) is 5.56 Å². The predicted molar refractivity (Wildman–Crippen MR) is 116 cm³/mol. The van der Waals surface area contributed by atoms with Crippen molar-refractivity contribution in [1.29, 1.82) is 0 Å². The molecule has 138 valence electrons. The summed E-state index contributed by atoms with van der Waals surface area (Å²) >= 11 is 2.07. The highest BCUT2D eigenvalue weighted by Gasteiger charge is 2.22. The maximum absolute atomic E-state index is 13.1. The SMILES string of the molecule is O=c1c2ccccc2nc(C2CCCCC2)n1N=Cc1ccc(O)c(I)c1.